The lowest BCUT2D eigenvalue weighted by molar-refractivity contribution is -0.123. The van der Waals surface area contributed by atoms with Gasteiger partial charge in [-0.25, -0.2) is 8.42 Å². The summed E-state index contributed by atoms with van der Waals surface area (Å²) in [5.74, 6) is -0.162. The molecule has 0 spiro atoms. The zero-order chi connectivity index (χ0) is 14.1. The largest absolute Gasteiger partial charge is 0.325 e. The molecule has 0 fully saturated rings. The topological polar surface area (TPSA) is 63.2 Å². The SMILES string of the molecule is CC(C)(C)C(=O)Nc1ccc(S(=O)(=O)Cl)cc1Br. The molecule has 1 aromatic rings. The maximum Gasteiger partial charge on any atom is 0.261 e. The molecule has 0 bridgehead atoms. The highest BCUT2D eigenvalue weighted by Crippen LogP contribution is 2.28. The molecule has 4 nitrogen and oxygen atoms in total. The Balaban J connectivity index is 3.05. The minimum Gasteiger partial charge on any atom is -0.325 e. The van der Waals surface area contributed by atoms with E-state index in [-0.39, 0.29) is 10.8 Å². The summed E-state index contributed by atoms with van der Waals surface area (Å²) in [6, 6.07) is 4.18. The van der Waals surface area contributed by atoms with Gasteiger partial charge in [-0.1, -0.05) is 20.8 Å². The monoisotopic (exact) mass is 353 g/mol. The van der Waals surface area contributed by atoms with Crippen molar-refractivity contribution in [1.82, 2.24) is 0 Å². The molecule has 1 rings (SSSR count). The Hall–Kier alpha value is -0.590. The number of hydrogen-bond acceptors (Lipinski definition) is 3. The molecule has 100 valence electrons. The van der Waals surface area contributed by atoms with Gasteiger partial charge < -0.3 is 5.32 Å². The average Bonchev–Trinajstić information content (AvgIpc) is 2.17. The summed E-state index contributed by atoms with van der Waals surface area (Å²) in [7, 11) is 1.46. The predicted molar refractivity (Wildman–Crippen MR) is 75.3 cm³/mol. The van der Waals surface area contributed by atoms with E-state index in [0.29, 0.717) is 10.2 Å². The van der Waals surface area contributed by atoms with Crippen molar-refractivity contribution in [2.24, 2.45) is 5.41 Å². The second-order valence-corrected chi connectivity index (χ2v) is 8.20. The summed E-state index contributed by atoms with van der Waals surface area (Å²) < 4.78 is 22.7. The van der Waals surface area contributed by atoms with Gasteiger partial charge >= 0.3 is 0 Å². The number of amides is 1. The molecule has 0 aliphatic rings. The Morgan fingerprint density at radius 1 is 1.33 bits per heavy atom. The number of halogens is 2. The Morgan fingerprint density at radius 3 is 2.28 bits per heavy atom. The van der Waals surface area contributed by atoms with Crippen LogP contribution in [0.4, 0.5) is 5.69 Å². The first-order chi connectivity index (χ1) is 8.01. The van der Waals surface area contributed by atoms with Gasteiger partial charge in [-0.05, 0) is 34.1 Å². The third kappa shape index (κ3) is 3.96. The molecule has 0 radical (unpaired) electrons. The molecule has 0 atom stereocenters. The van der Waals surface area contributed by atoms with Gasteiger partial charge in [0.25, 0.3) is 9.05 Å². The van der Waals surface area contributed by atoms with Gasteiger partial charge in [0.15, 0.2) is 0 Å². The molecule has 1 aromatic carbocycles. The molecule has 0 aromatic heterocycles. The minimum absolute atomic E-state index is 0.0233. The highest BCUT2D eigenvalue weighted by molar-refractivity contribution is 9.10. The van der Waals surface area contributed by atoms with Crippen molar-refractivity contribution in [2.45, 2.75) is 25.7 Å². The molecule has 1 amide bonds. The van der Waals surface area contributed by atoms with Gasteiger partial charge in [0.05, 0.1) is 10.6 Å². The van der Waals surface area contributed by atoms with Crippen LogP contribution in [0.3, 0.4) is 0 Å². The third-order valence-corrected chi connectivity index (χ3v) is 4.16. The van der Waals surface area contributed by atoms with Gasteiger partial charge in [0, 0.05) is 20.6 Å². The van der Waals surface area contributed by atoms with Crippen molar-refractivity contribution >= 4 is 47.3 Å². The van der Waals surface area contributed by atoms with Gasteiger partial charge in [0.1, 0.15) is 0 Å². The number of rotatable bonds is 2. The normalized spacial score (nSPS) is 12.3. The van der Waals surface area contributed by atoms with Crippen molar-refractivity contribution in [2.75, 3.05) is 5.32 Å². The van der Waals surface area contributed by atoms with E-state index in [9.17, 15) is 13.2 Å². The summed E-state index contributed by atoms with van der Waals surface area (Å²) in [6.45, 7) is 5.36. The molecule has 0 heterocycles. The van der Waals surface area contributed by atoms with Crippen molar-refractivity contribution < 1.29 is 13.2 Å². The summed E-state index contributed by atoms with van der Waals surface area (Å²) in [6.07, 6.45) is 0. The highest BCUT2D eigenvalue weighted by Gasteiger charge is 2.22. The molecule has 0 saturated carbocycles. The maximum absolute atomic E-state index is 11.8. The van der Waals surface area contributed by atoms with Gasteiger partial charge in [-0.15, -0.1) is 0 Å². The van der Waals surface area contributed by atoms with Crippen molar-refractivity contribution in [3.8, 4) is 0 Å². The van der Waals surface area contributed by atoms with Crippen LogP contribution in [0.15, 0.2) is 27.6 Å². The molecule has 0 saturated heterocycles. The Kier molecular flexibility index (Phi) is 4.46. The second kappa shape index (κ2) is 5.19. The molecule has 1 N–H and O–H groups in total. The van der Waals surface area contributed by atoms with Crippen molar-refractivity contribution in [1.29, 1.82) is 0 Å². The van der Waals surface area contributed by atoms with E-state index in [1.807, 2.05) is 0 Å². The van der Waals surface area contributed by atoms with Crippen LogP contribution in [0.1, 0.15) is 20.8 Å². The zero-order valence-electron chi connectivity index (χ0n) is 10.1. The molecule has 18 heavy (non-hydrogen) atoms. The second-order valence-electron chi connectivity index (χ2n) is 4.78. The fourth-order valence-electron chi connectivity index (χ4n) is 1.06. The van der Waals surface area contributed by atoms with E-state index in [4.69, 9.17) is 10.7 Å². The molecular formula is C11H13BrClNO3S. The third-order valence-electron chi connectivity index (χ3n) is 2.15. The summed E-state index contributed by atoms with van der Waals surface area (Å²) in [5, 5.41) is 2.71. The van der Waals surface area contributed by atoms with Crippen LogP contribution in [0.2, 0.25) is 0 Å². The first kappa shape index (κ1) is 15.5. The van der Waals surface area contributed by atoms with E-state index in [1.165, 1.54) is 18.2 Å². The quantitative estimate of drug-likeness (QED) is 0.828. The Bertz CT molecular complexity index is 578. The minimum atomic E-state index is -3.77. The van der Waals surface area contributed by atoms with Crippen LogP contribution in [0.25, 0.3) is 0 Å². The summed E-state index contributed by atoms with van der Waals surface area (Å²) >= 11 is 3.20. The smallest absolute Gasteiger partial charge is 0.261 e. The van der Waals surface area contributed by atoms with Crippen LogP contribution < -0.4 is 5.32 Å². The Labute approximate surface area is 119 Å². The molecule has 0 aliphatic heterocycles. The van der Waals surface area contributed by atoms with E-state index in [1.54, 1.807) is 20.8 Å². The van der Waals surface area contributed by atoms with E-state index < -0.39 is 14.5 Å². The molecule has 7 heteroatoms. The summed E-state index contributed by atoms with van der Waals surface area (Å²) in [5.41, 5.74) is -0.0320. The average molecular weight is 355 g/mol. The van der Waals surface area contributed by atoms with E-state index in [0.717, 1.165) is 0 Å². The zero-order valence-corrected chi connectivity index (χ0v) is 13.3. The number of anilines is 1. The first-order valence-corrected chi connectivity index (χ1v) is 8.18. The number of carbonyl (C=O) groups excluding carboxylic acids is 1. The van der Waals surface area contributed by atoms with Crippen LogP contribution in [0.5, 0.6) is 0 Å². The van der Waals surface area contributed by atoms with Crippen molar-refractivity contribution in [3.63, 3.8) is 0 Å². The van der Waals surface area contributed by atoms with Crippen LogP contribution in [-0.2, 0) is 13.8 Å². The lowest BCUT2D eigenvalue weighted by Crippen LogP contribution is -2.27. The highest BCUT2D eigenvalue weighted by atomic mass is 79.9. The van der Waals surface area contributed by atoms with Crippen LogP contribution in [-0.4, -0.2) is 14.3 Å². The van der Waals surface area contributed by atoms with Crippen LogP contribution in [0, 0.1) is 5.41 Å². The van der Waals surface area contributed by atoms with Gasteiger partial charge in [-0.3, -0.25) is 4.79 Å². The Morgan fingerprint density at radius 2 is 1.89 bits per heavy atom. The number of hydrogen-bond donors (Lipinski definition) is 1. The fraction of sp³-hybridized carbons (Fsp3) is 0.364. The number of carbonyl (C=O) groups is 1. The number of benzene rings is 1. The van der Waals surface area contributed by atoms with Gasteiger partial charge in [0.2, 0.25) is 5.91 Å². The fourth-order valence-corrected chi connectivity index (χ4v) is 2.47. The van der Waals surface area contributed by atoms with Crippen LogP contribution >= 0.6 is 26.6 Å². The molecule has 0 aliphatic carbocycles. The van der Waals surface area contributed by atoms with E-state index in [2.05, 4.69) is 21.2 Å². The molecule has 0 unspecified atom stereocenters. The van der Waals surface area contributed by atoms with Crippen molar-refractivity contribution in [3.05, 3.63) is 22.7 Å². The van der Waals surface area contributed by atoms with Gasteiger partial charge in [-0.2, -0.15) is 0 Å². The maximum atomic E-state index is 11.8. The standard InChI is InChI=1S/C11H13BrClNO3S/c1-11(2,3)10(15)14-9-5-4-7(6-8(9)12)18(13,16)17/h4-6H,1-3H3,(H,14,15). The predicted octanol–water partition coefficient (Wildman–Crippen LogP) is 3.36. The first-order valence-electron chi connectivity index (χ1n) is 5.07. The van der Waals surface area contributed by atoms with E-state index >= 15 is 0 Å². The lowest BCUT2D eigenvalue weighted by atomic mass is 9.95. The number of nitrogens with one attached hydrogen (secondary N) is 1. The summed E-state index contributed by atoms with van der Waals surface area (Å²) in [4.78, 5) is 11.8. The molecular weight excluding hydrogens is 342 g/mol. The lowest BCUT2D eigenvalue weighted by Gasteiger charge is -2.18.